The van der Waals surface area contributed by atoms with Crippen molar-refractivity contribution >= 4 is 27.5 Å². The quantitative estimate of drug-likeness (QED) is 0.606. The molecule has 0 atom stereocenters. The maximum absolute atomic E-state index is 13.1. The lowest BCUT2D eigenvalue weighted by Gasteiger charge is -2.10. The smallest absolute Gasteiger partial charge is 0.264 e. The van der Waals surface area contributed by atoms with Crippen molar-refractivity contribution in [1.82, 2.24) is 9.29 Å². The predicted molar refractivity (Wildman–Crippen MR) is 112 cm³/mol. The van der Waals surface area contributed by atoms with Gasteiger partial charge in [-0.2, -0.15) is 0 Å². The van der Waals surface area contributed by atoms with Crippen LogP contribution in [0.4, 0.5) is 10.1 Å². The number of nitrogens with one attached hydrogen (secondary N) is 2. The van der Waals surface area contributed by atoms with Crippen LogP contribution in [0.3, 0.4) is 0 Å². The van der Waals surface area contributed by atoms with E-state index in [0.717, 1.165) is 6.92 Å². The van der Waals surface area contributed by atoms with Gasteiger partial charge in [0.05, 0.1) is 11.4 Å². The molecule has 1 heterocycles. The van der Waals surface area contributed by atoms with E-state index < -0.39 is 27.4 Å². The summed E-state index contributed by atoms with van der Waals surface area (Å²) in [6.45, 7) is 1.24. The minimum absolute atomic E-state index is 0.112. The molecule has 2 N–H and O–H groups in total. The van der Waals surface area contributed by atoms with Gasteiger partial charge >= 0.3 is 0 Å². The van der Waals surface area contributed by atoms with E-state index in [2.05, 4.69) is 5.32 Å². The molecular formula is C21H18FN3O5S. The fourth-order valence-corrected chi connectivity index (χ4v) is 3.78. The van der Waals surface area contributed by atoms with Crippen LogP contribution in [0, 0.1) is 5.82 Å². The molecular weight excluding hydrogens is 425 g/mol. The number of carbonyl (C=O) groups is 2. The van der Waals surface area contributed by atoms with Gasteiger partial charge in [0.15, 0.2) is 0 Å². The Morgan fingerprint density at radius 1 is 1.00 bits per heavy atom. The zero-order valence-electron chi connectivity index (χ0n) is 16.3. The predicted octanol–water partition coefficient (Wildman–Crippen LogP) is 2.11. The Morgan fingerprint density at radius 2 is 1.65 bits per heavy atom. The Balaban J connectivity index is 1.77. The lowest BCUT2D eigenvalue weighted by Crippen LogP contribution is -2.29. The molecule has 8 nitrogen and oxygen atoms in total. The van der Waals surface area contributed by atoms with Crippen LogP contribution < -0.4 is 15.6 Å². The fourth-order valence-electron chi connectivity index (χ4n) is 2.78. The summed E-state index contributed by atoms with van der Waals surface area (Å²) in [7, 11) is -3.99. The molecule has 2 amide bonds. The summed E-state index contributed by atoms with van der Waals surface area (Å²) in [4.78, 5) is 36.1. The molecule has 0 radical (unpaired) electrons. The number of anilines is 1. The zero-order valence-corrected chi connectivity index (χ0v) is 17.1. The van der Waals surface area contributed by atoms with E-state index in [9.17, 15) is 27.2 Å². The van der Waals surface area contributed by atoms with Crippen molar-refractivity contribution < 1.29 is 22.4 Å². The SMILES string of the molecule is CC(=O)NS(=O)(=O)c1ccc(NC(=O)c2cccn(Cc3ccc(F)cc3)c2=O)cc1. The Hall–Kier alpha value is -3.79. The van der Waals surface area contributed by atoms with Crippen molar-refractivity contribution in [3.8, 4) is 0 Å². The molecule has 160 valence electrons. The first-order chi connectivity index (χ1) is 14.7. The third-order valence-corrected chi connectivity index (χ3v) is 5.68. The molecule has 0 bridgehead atoms. The maximum Gasteiger partial charge on any atom is 0.264 e. The lowest BCUT2D eigenvalue weighted by molar-refractivity contribution is -0.117. The molecule has 1 aromatic heterocycles. The first kappa shape index (κ1) is 21.9. The van der Waals surface area contributed by atoms with Gasteiger partial charge < -0.3 is 9.88 Å². The average molecular weight is 443 g/mol. The zero-order chi connectivity index (χ0) is 22.6. The van der Waals surface area contributed by atoms with E-state index in [-0.39, 0.29) is 28.5 Å². The van der Waals surface area contributed by atoms with Gasteiger partial charge in [-0.15, -0.1) is 0 Å². The number of carbonyl (C=O) groups excluding carboxylic acids is 2. The Labute approximate surface area is 177 Å². The van der Waals surface area contributed by atoms with Crippen molar-refractivity contribution in [2.24, 2.45) is 0 Å². The number of amides is 2. The Bertz CT molecular complexity index is 1280. The van der Waals surface area contributed by atoms with Crippen LogP contribution in [0.25, 0.3) is 0 Å². The second kappa shape index (κ2) is 8.92. The molecule has 0 aliphatic rings. The van der Waals surface area contributed by atoms with Gasteiger partial charge in [-0.25, -0.2) is 17.5 Å². The summed E-state index contributed by atoms with van der Waals surface area (Å²) >= 11 is 0. The first-order valence-corrected chi connectivity index (χ1v) is 10.5. The van der Waals surface area contributed by atoms with Gasteiger partial charge in [-0.1, -0.05) is 12.1 Å². The maximum atomic E-state index is 13.1. The normalized spacial score (nSPS) is 11.0. The third kappa shape index (κ3) is 5.43. The molecule has 3 aromatic rings. The number of nitrogens with zero attached hydrogens (tertiary/aromatic N) is 1. The van der Waals surface area contributed by atoms with Gasteiger partial charge in [0.1, 0.15) is 11.4 Å². The number of halogens is 1. The number of hydrogen-bond donors (Lipinski definition) is 2. The highest BCUT2D eigenvalue weighted by atomic mass is 32.2. The molecule has 0 saturated carbocycles. The van der Waals surface area contributed by atoms with Gasteiger partial charge in [0.25, 0.3) is 21.5 Å². The van der Waals surface area contributed by atoms with E-state index >= 15 is 0 Å². The number of rotatable bonds is 6. The number of pyridine rings is 1. The highest BCUT2D eigenvalue weighted by molar-refractivity contribution is 7.90. The van der Waals surface area contributed by atoms with Gasteiger partial charge in [-0.3, -0.25) is 14.4 Å². The minimum atomic E-state index is -3.99. The molecule has 0 saturated heterocycles. The number of hydrogen-bond acceptors (Lipinski definition) is 5. The van der Waals surface area contributed by atoms with Gasteiger partial charge in [0, 0.05) is 18.8 Å². The van der Waals surface area contributed by atoms with Crippen molar-refractivity contribution in [3.05, 3.63) is 94.2 Å². The average Bonchev–Trinajstić information content (AvgIpc) is 2.70. The molecule has 2 aromatic carbocycles. The number of sulfonamides is 1. The summed E-state index contributed by atoms with van der Waals surface area (Å²) in [6, 6.07) is 13.7. The molecule has 10 heteroatoms. The molecule has 0 fully saturated rings. The van der Waals surface area contributed by atoms with Gasteiger partial charge in [0.2, 0.25) is 5.91 Å². The summed E-state index contributed by atoms with van der Waals surface area (Å²) < 4.78 is 40.1. The standard InChI is InChI=1S/C21H18FN3O5S/c1-14(26)24-31(29,30)18-10-8-17(9-11-18)23-20(27)19-3-2-12-25(21(19)28)13-15-4-6-16(22)7-5-15/h2-12H,13H2,1H3,(H,23,27)(H,24,26). The summed E-state index contributed by atoms with van der Waals surface area (Å²) in [6.07, 6.45) is 1.52. The largest absolute Gasteiger partial charge is 0.322 e. The van der Waals surface area contributed by atoms with Crippen molar-refractivity contribution in [2.45, 2.75) is 18.4 Å². The molecule has 0 aliphatic carbocycles. The van der Waals surface area contributed by atoms with Crippen LogP contribution in [-0.2, 0) is 21.4 Å². The summed E-state index contributed by atoms with van der Waals surface area (Å²) in [5, 5.41) is 2.53. The lowest BCUT2D eigenvalue weighted by atomic mass is 10.2. The van der Waals surface area contributed by atoms with Crippen molar-refractivity contribution in [3.63, 3.8) is 0 Å². The van der Waals surface area contributed by atoms with Crippen LogP contribution >= 0.6 is 0 Å². The molecule has 0 aliphatic heterocycles. The summed E-state index contributed by atoms with van der Waals surface area (Å²) in [5.41, 5.74) is 0.311. The topological polar surface area (TPSA) is 114 Å². The molecule has 0 unspecified atom stereocenters. The second-order valence-corrected chi connectivity index (χ2v) is 8.30. The molecule has 0 spiro atoms. The Morgan fingerprint density at radius 3 is 2.26 bits per heavy atom. The Kier molecular flexibility index (Phi) is 6.30. The summed E-state index contributed by atoms with van der Waals surface area (Å²) in [5.74, 6) is -1.78. The number of aromatic nitrogens is 1. The van der Waals surface area contributed by atoms with Gasteiger partial charge in [-0.05, 0) is 54.1 Å². The van der Waals surface area contributed by atoms with Crippen molar-refractivity contribution in [1.29, 1.82) is 0 Å². The van der Waals surface area contributed by atoms with E-state index in [0.29, 0.717) is 5.56 Å². The third-order valence-electron chi connectivity index (χ3n) is 4.23. The van der Waals surface area contributed by atoms with E-state index in [1.807, 2.05) is 4.72 Å². The number of benzene rings is 2. The highest BCUT2D eigenvalue weighted by Crippen LogP contribution is 2.15. The van der Waals surface area contributed by atoms with Crippen LogP contribution in [0.1, 0.15) is 22.8 Å². The van der Waals surface area contributed by atoms with E-state index in [1.165, 1.54) is 53.2 Å². The first-order valence-electron chi connectivity index (χ1n) is 9.04. The van der Waals surface area contributed by atoms with Crippen LogP contribution in [0.15, 0.2) is 76.6 Å². The second-order valence-electron chi connectivity index (χ2n) is 6.62. The van der Waals surface area contributed by atoms with E-state index in [1.54, 1.807) is 18.2 Å². The van der Waals surface area contributed by atoms with Crippen LogP contribution in [-0.4, -0.2) is 24.8 Å². The highest BCUT2D eigenvalue weighted by Gasteiger charge is 2.16. The minimum Gasteiger partial charge on any atom is -0.322 e. The van der Waals surface area contributed by atoms with Crippen LogP contribution in [0.5, 0.6) is 0 Å². The van der Waals surface area contributed by atoms with Crippen molar-refractivity contribution in [2.75, 3.05) is 5.32 Å². The fraction of sp³-hybridized carbons (Fsp3) is 0.0952. The monoisotopic (exact) mass is 443 g/mol. The molecule has 3 rings (SSSR count). The molecule has 31 heavy (non-hydrogen) atoms. The van der Waals surface area contributed by atoms with Crippen LogP contribution in [0.2, 0.25) is 0 Å². The van der Waals surface area contributed by atoms with E-state index in [4.69, 9.17) is 0 Å².